The number of halogens is 1. The molecule has 1 aliphatic carbocycles. The van der Waals surface area contributed by atoms with Gasteiger partial charge in [0.05, 0.1) is 18.8 Å². The van der Waals surface area contributed by atoms with Crippen molar-refractivity contribution in [2.75, 3.05) is 25.0 Å². The summed E-state index contributed by atoms with van der Waals surface area (Å²) in [5.74, 6) is -0.675. The van der Waals surface area contributed by atoms with E-state index in [1.165, 1.54) is 18.9 Å². The summed E-state index contributed by atoms with van der Waals surface area (Å²) in [6, 6.07) is 6.48. The highest BCUT2D eigenvalue weighted by Crippen LogP contribution is 2.23. The lowest BCUT2D eigenvalue weighted by Crippen LogP contribution is -2.41. The monoisotopic (exact) mass is 280 g/mol. The van der Waals surface area contributed by atoms with Crippen LogP contribution in [0.1, 0.15) is 25.7 Å². The summed E-state index contributed by atoms with van der Waals surface area (Å²) >= 11 is 0. The maximum atomic E-state index is 13.5. The van der Waals surface area contributed by atoms with Crippen molar-refractivity contribution in [1.29, 1.82) is 0 Å². The molecule has 1 fully saturated rings. The fourth-order valence-corrected chi connectivity index (χ4v) is 2.73. The van der Waals surface area contributed by atoms with Crippen molar-refractivity contribution in [3.05, 3.63) is 30.1 Å². The van der Waals surface area contributed by atoms with Gasteiger partial charge in [0, 0.05) is 12.6 Å². The Morgan fingerprint density at radius 2 is 2.05 bits per heavy atom. The Morgan fingerprint density at radius 3 is 2.70 bits per heavy atom. The van der Waals surface area contributed by atoms with Crippen LogP contribution in [0.5, 0.6) is 0 Å². The molecule has 1 aromatic rings. The smallest absolute Gasteiger partial charge is 0.238 e. The van der Waals surface area contributed by atoms with Crippen LogP contribution in [0.2, 0.25) is 0 Å². The molecule has 0 saturated heterocycles. The van der Waals surface area contributed by atoms with Crippen LogP contribution in [-0.4, -0.2) is 41.7 Å². The number of rotatable bonds is 6. The van der Waals surface area contributed by atoms with Crippen LogP contribution in [0.15, 0.2) is 24.3 Å². The van der Waals surface area contributed by atoms with Crippen LogP contribution in [0.4, 0.5) is 10.1 Å². The summed E-state index contributed by atoms with van der Waals surface area (Å²) < 4.78 is 13.5. The molecule has 1 aliphatic rings. The van der Waals surface area contributed by atoms with Gasteiger partial charge in [-0.3, -0.25) is 9.69 Å². The normalized spacial score (nSPS) is 15.8. The first kappa shape index (κ1) is 14.9. The van der Waals surface area contributed by atoms with Crippen molar-refractivity contribution in [3.63, 3.8) is 0 Å². The predicted octanol–water partition coefficient (Wildman–Crippen LogP) is 2.00. The fourth-order valence-electron chi connectivity index (χ4n) is 2.73. The van der Waals surface area contributed by atoms with E-state index in [2.05, 4.69) is 5.32 Å². The third-order valence-corrected chi connectivity index (χ3v) is 3.72. The van der Waals surface area contributed by atoms with E-state index in [4.69, 9.17) is 5.11 Å². The topological polar surface area (TPSA) is 52.6 Å². The lowest BCUT2D eigenvalue weighted by molar-refractivity contribution is -0.118. The number of benzene rings is 1. The Kier molecular flexibility index (Phi) is 5.49. The van der Waals surface area contributed by atoms with Crippen LogP contribution in [0.25, 0.3) is 0 Å². The zero-order valence-corrected chi connectivity index (χ0v) is 11.5. The lowest BCUT2D eigenvalue weighted by Gasteiger charge is -2.27. The molecular weight excluding hydrogens is 259 g/mol. The minimum Gasteiger partial charge on any atom is -0.395 e. The van der Waals surface area contributed by atoms with Gasteiger partial charge in [-0.1, -0.05) is 25.0 Å². The summed E-state index contributed by atoms with van der Waals surface area (Å²) in [5, 5.41) is 11.7. The summed E-state index contributed by atoms with van der Waals surface area (Å²) in [5.41, 5.74) is 0.202. The lowest BCUT2D eigenvalue weighted by atomic mass is 10.2. The first-order valence-electron chi connectivity index (χ1n) is 7.10. The SMILES string of the molecule is O=C(CN(CCO)C1CCCC1)Nc1ccccc1F. The number of carbonyl (C=O) groups is 1. The van der Waals surface area contributed by atoms with E-state index in [0.717, 1.165) is 12.8 Å². The molecule has 5 heteroatoms. The van der Waals surface area contributed by atoms with E-state index in [0.29, 0.717) is 12.6 Å². The van der Waals surface area contributed by atoms with Crippen molar-refractivity contribution < 1.29 is 14.3 Å². The molecule has 0 heterocycles. The standard InChI is InChI=1S/C15H21FN2O2/c16-13-7-3-4-8-14(13)17-15(20)11-18(9-10-19)12-5-1-2-6-12/h3-4,7-8,12,19H,1-2,5-6,9-11H2,(H,17,20). The second-order valence-electron chi connectivity index (χ2n) is 5.16. The average Bonchev–Trinajstić information content (AvgIpc) is 2.95. The minimum atomic E-state index is -0.435. The zero-order chi connectivity index (χ0) is 14.4. The summed E-state index contributed by atoms with van der Waals surface area (Å²) in [6.07, 6.45) is 4.46. The number of hydrogen-bond donors (Lipinski definition) is 2. The maximum absolute atomic E-state index is 13.5. The van der Waals surface area contributed by atoms with Gasteiger partial charge in [-0.25, -0.2) is 4.39 Å². The van der Waals surface area contributed by atoms with Gasteiger partial charge in [-0.15, -0.1) is 0 Å². The maximum Gasteiger partial charge on any atom is 0.238 e. The van der Waals surface area contributed by atoms with Crippen molar-refractivity contribution >= 4 is 11.6 Å². The van der Waals surface area contributed by atoms with Gasteiger partial charge in [0.2, 0.25) is 5.91 Å². The molecule has 0 atom stereocenters. The Morgan fingerprint density at radius 1 is 1.35 bits per heavy atom. The van der Waals surface area contributed by atoms with E-state index >= 15 is 0 Å². The van der Waals surface area contributed by atoms with Crippen molar-refractivity contribution in [3.8, 4) is 0 Å². The molecule has 0 aliphatic heterocycles. The van der Waals surface area contributed by atoms with Gasteiger partial charge in [0.15, 0.2) is 0 Å². The summed E-state index contributed by atoms with van der Waals surface area (Å²) in [7, 11) is 0. The number of aliphatic hydroxyl groups excluding tert-OH is 1. The highest BCUT2D eigenvalue weighted by molar-refractivity contribution is 5.92. The van der Waals surface area contributed by atoms with Gasteiger partial charge in [-0.2, -0.15) is 0 Å². The van der Waals surface area contributed by atoms with Gasteiger partial charge < -0.3 is 10.4 Å². The Labute approximate surface area is 118 Å². The summed E-state index contributed by atoms with van der Waals surface area (Å²) in [6.45, 7) is 0.707. The number of amides is 1. The number of nitrogens with zero attached hydrogens (tertiary/aromatic N) is 1. The van der Waals surface area contributed by atoms with Crippen LogP contribution in [0, 0.1) is 5.82 Å². The molecule has 2 rings (SSSR count). The number of hydrogen-bond acceptors (Lipinski definition) is 3. The minimum absolute atomic E-state index is 0.0312. The van der Waals surface area contributed by atoms with Crippen molar-refractivity contribution in [2.24, 2.45) is 0 Å². The molecule has 0 bridgehead atoms. The zero-order valence-electron chi connectivity index (χ0n) is 11.5. The Balaban J connectivity index is 1.92. The summed E-state index contributed by atoms with van der Waals surface area (Å²) in [4.78, 5) is 14.0. The van der Waals surface area contributed by atoms with E-state index in [-0.39, 0.29) is 24.7 Å². The highest BCUT2D eigenvalue weighted by Gasteiger charge is 2.24. The quantitative estimate of drug-likeness (QED) is 0.838. The Hall–Kier alpha value is -1.46. The third-order valence-electron chi connectivity index (χ3n) is 3.72. The van der Waals surface area contributed by atoms with E-state index < -0.39 is 5.82 Å². The molecule has 20 heavy (non-hydrogen) atoms. The molecule has 0 spiro atoms. The number of anilines is 1. The molecule has 0 unspecified atom stereocenters. The molecule has 2 N–H and O–H groups in total. The largest absolute Gasteiger partial charge is 0.395 e. The molecule has 0 radical (unpaired) electrons. The van der Waals surface area contributed by atoms with Crippen LogP contribution in [0.3, 0.4) is 0 Å². The molecular formula is C15H21FN2O2. The van der Waals surface area contributed by atoms with Crippen molar-refractivity contribution in [2.45, 2.75) is 31.7 Å². The van der Waals surface area contributed by atoms with Gasteiger partial charge in [0.1, 0.15) is 5.82 Å². The van der Waals surface area contributed by atoms with Gasteiger partial charge in [0.25, 0.3) is 0 Å². The number of carbonyl (C=O) groups excluding carboxylic acids is 1. The molecule has 1 aromatic carbocycles. The van der Waals surface area contributed by atoms with Gasteiger partial charge >= 0.3 is 0 Å². The van der Waals surface area contributed by atoms with Crippen LogP contribution in [-0.2, 0) is 4.79 Å². The fraction of sp³-hybridized carbons (Fsp3) is 0.533. The van der Waals surface area contributed by atoms with Crippen LogP contribution >= 0.6 is 0 Å². The number of aliphatic hydroxyl groups is 1. The van der Waals surface area contributed by atoms with E-state index in [9.17, 15) is 9.18 Å². The van der Waals surface area contributed by atoms with Gasteiger partial charge in [-0.05, 0) is 25.0 Å². The third kappa shape index (κ3) is 4.02. The molecule has 4 nitrogen and oxygen atoms in total. The second kappa shape index (κ2) is 7.36. The molecule has 0 aromatic heterocycles. The van der Waals surface area contributed by atoms with E-state index in [1.54, 1.807) is 18.2 Å². The van der Waals surface area contributed by atoms with E-state index in [1.807, 2.05) is 4.90 Å². The number of nitrogens with one attached hydrogen (secondary N) is 1. The second-order valence-corrected chi connectivity index (χ2v) is 5.16. The molecule has 1 amide bonds. The number of para-hydroxylation sites is 1. The molecule has 110 valence electrons. The van der Waals surface area contributed by atoms with Crippen molar-refractivity contribution in [1.82, 2.24) is 4.90 Å². The molecule has 1 saturated carbocycles. The van der Waals surface area contributed by atoms with Crippen LogP contribution < -0.4 is 5.32 Å². The predicted molar refractivity (Wildman–Crippen MR) is 75.9 cm³/mol. The Bertz CT molecular complexity index is 447. The first-order valence-corrected chi connectivity index (χ1v) is 7.10. The average molecular weight is 280 g/mol. The highest BCUT2D eigenvalue weighted by atomic mass is 19.1. The first-order chi connectivity index (χ1) is 9.70.